The summed E-state index contributed by atoms with van der Waals surface area (Å²) in [5.41, 5.74) is 2.37. The highest BCUT2D eigenvalue weighted by Gasteiger charge is 2.27. The lowest BCUT2D eigenvalue weighted by Crippen LogP contribution is -2.48. The smallest absolute Gasteiger partial charge is 0.243 e. The van der Waals surface area contributed by atoms with Crippen molar-refractivity contribution in [3.8, 4) is 0 Å². The Morgan fingerprint density at radius 2 is 2.20 bits per heavy atom. The van der Waals surface area contributed by atoms with Gasteiger partial charge >= 0.3 is 0 Å². The number of nitrogens with one attached hydrogen (secondary N) is 1. The van der Waals surface area contributed by atoms with Crippen molar-refractivity contribution < 1.29 is 4.79 Å². The number of aromatic nitrogens is 2. The van der Waals surface area contributed by atoms with E-state index in [1.54, 1.807) is 0 Å². The van der Waals surface area contributed by atoms with Crippen LogP contribution in [0.5, 0.6) is 0 Å². The van der Waals surface area contributed by atoms with E-state index in [9.17, 15) is 4.79 Å². The van der Waals surface area contributed by atoms with Crippen LogP contribution in [0.25, 0.3) is 0 Å². The highest BCUT2D eigenvalue weighted by molar-refractivity contribution is 5.98. The minimum absolute atomic E-state index is 0.173. The summed E-state index contributed by atoms with van der Waals surface area (Å²) in [6, 6.07) is 8.09. The lowest BCUT2D eigenvalue weighted by molar-refractivity contribution is -0.120. The first-order chi connectivity index (χ1) is 12.2. The summed E-state index contributed by atoms with van der Waals surface area (Å²) in [6.45, 7) is 4.66. The molecule has 1 aromatic heterocycles. The van der Waals surface area contributed by atoms with E-state index in [1.807, 2.05) is 24.1 Å². The Hall–Kier alpha value is -2.14. The Labute approximate surface area is 149 Å². The third kappa shape index (κ3) is 3.21. The summed E-state index contributed by atoms with van der Waals surface area (Å²) in [7, 11) is 0. The molecule has 0 saturated heterocycles. The molecule has 25 heavy (non-hydrogen) atoms. The fourth-order valence-corrected chi connectivity index (χ4v) is 4.10. The van der Waals surface area contributed by atoms with Crippen molar-refractivity contribution in [3.05, 3.63) is 48.0 Å². The summed E-state index contributed by atoms with van der Waals surface area (Å²) in [5.74, 6) is 1.72. The molecular weight excluding hydrogens is 312 g/mol. The van der Waals surface area contributed by atoms with E-state index in [1.165, 1.54) is 12.0 Å². The maximum Gasteiger partial charge on any atom is 0.243 e. The van der Waals surface area contributed by atoms with Crippen LogP contribution >= 0.6 is 0 Å². The molecule has 0 aliphatic carbocycles. The summed E-state index contributed by atoms with van der Waals surface area (Å²) in [6.07, 6.45) is 8.35. The second-order valence-electron chi connectivity index (χ2n) is 7.17. The predicted molar refractivity (Wildman–Crippen MR) is 98.8 cm³/mol. The number of nitrogens with zero attached hydrogens (tertiary/aromatic N) is 3. The maximum absolute atomic E-state index is 13.0. The molecule has 0 saturated carbocycles. The molecule has 1 aromatic carbocycles. The van der Waals surface area contributed by atoms with Crippen molar-refractivity contribution in [2.45, 2.75) is 51.1 Å². The van der Waals surface area contributed by atoms with Crippen LogP contribution < -0.4 is 10.2 Å². The average Bonchev–Trinajstić information content (AvgIpc) is 3.14. The molecule has 1 amide bonds. The van der Waals surface area contributed by atoms with Crippen LogP contribution in [-0.2, 0) is 17.8 Å². The lowest BCUT2D eigenvalue weighted by Gasteiger charge is -2.32. The highest BCUT2D eigenvalue weighted by atomic mass is 16.2. The SMILES string of the molecule is C[C@H](NC[C@H]1CCCn2ccnc21)C(=O)N1CCCc2ccccc21. The Kier molecular flexibility index (Phi) is 4.57. The van der Waals surface area contributed by atoms with Crippen molar-refractivity contribution in [2.75, 3.05) is 18.0 Å². The second kappa shape index (κ2) is 7.00. The number of hydrogen-bond donors (Lipinski definition) is 1. The number of carbonyl (C=O) groups excluding carboxylic acids is 1. The summed E-state index contributed by atoms with van der Waals surface area (Å²) in [4.78, 5) is 19.4. The fourth-order valence-electron chi connectivity index (χ4n) is 4.10. The van der Waals surface area contributed by atoms with E-state index < -0.39 is 0 Å². The van der Waals surface area contributed by atoms with Gasteiger partial charge < -0.3 is 14.8 Å². The third-order valence-electron chi connectivity index (χ3n) is 5.48. The van der Waals surface area contributed by atoms with E-state index in [4.69, 9.17) is 0 Å². The molecular formula is C20H26N4O. The topological polar surface area (TPSA) is 50.2 Å². The monoisotopic (exact) mass is 338 g/mol. The van der Waals surface area contributed by atoms with Gasteiger partial charge in [0.25, 0.3) is 0 Å². The van der Waals surface area contributed by atoms with Gasteiger partial charge in [-0.1, -0.05) is 18.2 Å². The average molecular weight is 338 g/mol. The molecule has 1 N–H and O–H groups in total. The Bertz CT molecular complexity index is 754. The molecule has 5 heteroatoms. The van der Waals surface area contributed by atoms with Gasteiger partial charge in [0.2, 0.25) is 5.91 Å². The van der Waals surface area contributed by atoms with Crippen molar-refractivity contribution in [3.63, 3.8) is 0 Å². The zero-order valence-corrected chi connectivity index (χ0v) is 14.8. The van der Waals surface area contributed by atoms with Gasteiger partial charge in [-0.15, -0.1) is 0 Å². The van der Waals surface area contributed by atoms with Crippen LogP contribution in [0.3, 0.4) is 0 Å². The van der Waals surface area contributed by atoms with Gasteiger partial charge in [0.15, 0.2) is 0 Å². The van der Waals surface area contributed by atoms with Crippen molar-refractivity contribution in [1.29, 1.82) is 0 Å². The van der Waals surface area contributed by atoms with Crippen LogP contribution in [0.1, 0.15) is 43.5 Å². The minimum Gasteiger partial charge on any atom is -0.335 e. The maximum atomic E-state index is 13.0. The number of carbonyl (C=O) groups is 1. The molecule has 2 atom stereocenters. The normalized spacial score (nSPS) is 20.7. The van der Waals surface area contributed by atoms with Crippen molar-refractivity contribution in [1.82, 2.24) is 14.9 Å². The number of para-hydroxylation sites is 1. The van der Waals surface area contributed by atoms with E-state index in [2.05, 4.69) is 39.3 Å². The Balaban J connectivity index is 1.41. The van der Waals surface area contributed by atoms with E-state index in [0.717, 1.165) is 50.4 Å². The quantitative estimate of drug-likeness (QED) is 0.932. The standard InChI is InChI=1S/C20H26N4O/c1-15(22-14-17-8-4-11-23-13-10-21-19(17)23)20(25)24-12-5-7-16-6-2-3-9-18(16)24/h2-3,6,9-10,13,15,17,22H,4-5,7-8,11-12,14H2,1H3/t15-,17+/m0/s1. The van der Waals surface area contributed by atoms with Gasteiger partial charge in [0.1, 0.15) is 5.82 Å². The van der Waals surface area contributed by atoms with E-state index >= 15 is 0 Å². The summed E-state index contributed by atoms with van der Waals surface area (Å²) < 4.78 is 2.24. The number of imidazole rings is 1. The molecule has 0 unspecified atom stereocenters. The first-order valence-corrected chi connectivity index (χ1v) is 9.38. The molecule has 0 fully saturated rings. The molecule has 4 rings (SSSR count). The van der Waals surface area contributed by atoms with Crippen molar-refractivity contribution >= 4 is 11.6 Å². The molecule has 0 bridgehead atoms. The second-order valence-corrected chi connectivity index (χ2v) is 7.17. The van der Waals surface area contributed by atoms with Crippen LogP contribution in [0.15, 0.2) is 36.7 Å². The number of benzene rings is 1. The first-order valence-electron chi connectivity index (χ1n) is 9.38. The fraction of sp³-hybridized carbons (Fsp3) is 0.500. The largest absolute Gasteiger partial charge is 0.335 e. The van der Waals surface area contributed by atoms with Crippen LogP contribution in [0, 0.1) is 0 Å². The number of rotatable bonds is 4. The van der Waals surface area contributed by atoms with E-state index in [-0.39, 0.29) is 11.9 Å². The number of anilines is 1. The zero-order chi connectivity index (χ0) is 17.2. The number of aryl methyl sites for hydroxylation is 2. The molecule has 0 spiro atoms. The number of fused-ring (bicyclic) bond motifs is 2. The van der Waals surface area contributed by atoms with Gasteiger partial charge in [-0.05, 0) is 44.2 Å². The van der Waals surface area contributed by atoms with Crippen molar-refractivity contribution in [2.24, 2.45) is 0 Å². The Morgan fingerprint density at radius 1 is 1.32 bits per heavy atom. The molecule has 5 nitrogen and oxygen atoms in total. The highest BCUT2D eigenvalue weighted by Crippen LogP contribution is 2.28. The zero-order valence-electron chi connectivity index (χ0n) is 14.8. The predicted octanol–water partition coefficient (Wildman–Crippen LogP) is 2.72. The Morgan fingerprint density at radius 3 is 3.12 bits per heavy atom. The minimum atomic E-state index is -0.184. The molecule has 0 radical (unpaired) electrons. The van der Waals surface area contributed by atoms with Gasteiger partial charge in [-0.25, -0.2) is 4.98 Å². The van der Waals surface area contributed by atoms with Crippen LogP contribution in [0.4, 0.5) is 5.69 Å². The summed E-state index contributed by atoms with van der Waals surface area (Å²) >= 11 is 0. The first kappa shape index (κ1) is 16.3. The summed E-state index contributed by atoms with van der Waals surface area (Å²) in [5, 5.41) is 3.47. The van der Waals surface area contributed by atoms with Crippen LogP contribution in [0.2, 0.25) is 0 Å². The van der Waals surface area contributed by atoms with Gasteiger partial charge in [-0.2, -0.15) is 0 Å². The molecule has 2 aliphatic heterocycles. The number of amides is 1. The lowest BCUT2D eigenvalue weighted by atomic mass is 9.98. The third-order valence-corrected chi connectivity index (χ3v) is 5.48. The van der Waals surface area contributed by atoms with Gasteiger partial charge in [0, 0.05) is 43.6 Å². The van der Waals surface area contributed by atoms with E-state index in [0.29, 0.717) is 5.92 Å². The molecule has 132 valence electrons. The number of hydrogen-bond acceptors (Lipinski definition) is 3. The molecule has 3 heterocycles. The van der Waals surface area contributed by atoms with Crippen LogP contribution in [-0.4, -0.2) is 34.6 Å². The van der Waals surface area contributed by atoms with Gasteiger partial charge in [-0.3, -0.25) is 4.79 Å². The molecule has 2 aliphatic rings. The van der Waals surface area contributed by atoms with Gasteiger partial charge in [0.05, 0.1) is 6.04 Å². The molecule has 2 aromatic rings.